The second-order valence-corrected chi connectivity index (χ2v) is 3.51. The summed E-state index contributed by atoms with van der Waals surface area (Å²) in [7, 11) is 0. The molecule has 0 amide bonds. The fraction of sp³-hybridized carbons (Fsp3) is 0. The predicted molar refractivity (Wildman–Crippen MR) is 56.6 cm³/mol. The average molecular weight is 235 g/mol. The van der Waals surface area contributed by atoms with Crippen LogP contribution in [0.2, 0.25) is 15.1 Å². The summed E-state index contributed by atoms with van der Waals surface area (Å²) in [4.78, 5) is 10.1. The summed E-state index contributed by atoms with van der Waals surface area (Å²) in [6.45, 7) is 0. The van der Waals surface area contributed by atoms with Gasteiger partial charge in [0.15, 0.2) is 0 Å². The van der Waals surface area contributed by atoms with E-state index in [9.17, 15) is 4.79 Å². The number of hydrogen-bond donors (Lipinski definition) is 0. The summed E-state index contributed by atoms with van der Waals surface area (Å²) in [5.41, 5.74) is 0.631. The van der Waals surface area contributed by atoms with E-state index in [1.54, 1.807) is 18.2 Å². The van der Waals surface area contributed by atoms with Gasteiger partial charge >= 0.3 is 0 Å². The van der Waals surface area contributed by atoms with Crippen LogP contribution in [0, 0.1) is 0 Å². The molecule has 1 rings (SSSR count). The molecule has 0 aliphatic carbocycles. The highest BCUT2D eigenvalue weighted by molar-refractivity contribution is 6.44. The molecule has 0 heterocycles. The zero-order chi connectivity index (χ0) is 9.84. The molecule has 0 unspecified atom stereocenters. The number of carbonyl (C=O) groups is 1. The number of benzene rings is 1. The molecule has 0 spiro atoms. The molecule has 0 fully saturated rings. The van der Waals surface area contributed by atoms with Gasteiger partial charge in [0.05, 0.1) is 10.0 Å². The molecular weight excluding hydrogens is 230 g/mol. The van der Waals surface area contributed by atoms with Gasteiger partial charge in [0.25, 0.3) is 0 Å². The van der Waals surface area contributed by atoms with E-state index >= 15 is 0 Å². The van der Waals surface area contributed by atoms with Crippen molar-refractivity contribution in [3.05, 3.63) is 38.8 Å². The quantitative estimate of drug-likeness (QED) is 0.432. The van der Waals surface area contributed by atoms with Crippen molar-refractivity contribution in [3.8, 4) is 0 Å². The molecule has 13 heavy (non-hydrogen) atoms. The van der Waals surface area contributed by atoms with Crippen molar-refractivity contribution >= 4 is 47.2 Å². The Labute approximate surface area is 90.9 Å². The Hall–Kier alpha value is -0.500. The summed E-state index contributed by atoms with van der Waals surface area (Å²) >= 11 is 17.3. The zero-order valence-electron chi connectivity index (χ0n) is 6.43. The smallest absolute Gasteiger partial charge is 0.142 e. The van der Waals surface area contributed by atoms with E-state index in [0.717, 1.165) is 0 Å². The lowest BCUT2D eigenvalue weighted by Crippen LogP contribution is -1.78. The summed E-state index contributed by atoms with van der Waals surface area (Å²) in [6, 6.07) is 3.18. The monoisotopic (exact) mass is 234 g/mol. The van der Waals surface area contributed by atoms with Crippen molar-refractivity contribution in [2.24, 2.45) is 0 Å². The lowest BCUT2D eigenvalue weighted by atomic mass is 10.2. The van der Waals surface area contributed by atoms with Crippen LogP contribution in [0.5, 0.6) is 0 Å². The lowest BCUT2D eigenvalue weighted by Gasteiger charge is -2.01. The minimum absolute atomic E-state index is 0.375. The third-order valence-corrected chi connectivity index (χ3v) is 2.41. The molecule has 1 aromatic rings. The Morgan fingerprint density at radius 3 is 2.46 bits per heavy atom. The lowest BCUT2D eigenvalue weighted by molar-refractivity contribution is -0.104. The minimum Gasteiger partial charge on any atom is -0.299 e. The van der Waals surface area contributed by atoms with Crippen molar-refractivity contribution in [2.45, 2.75) is 0 Å². The van der Waals surface area contributed by atoms with Gasteiger partial charge in [0.2, 0.25) is 0 Å². The van der Waals surface area contributed by atoms with Crippen molar-refractivity contribution in [2.75, 3.05) is 0 Å². The Bertz CT molecular complexity index is 358. The first-order valence-electron chi connectivity index (χ1n) is 3.41. The van der Waals surface area contributed by atoms with Gasteiger partial charge in [-0.05, 0) is 23.8 Å². The van der Waals surface area contributed by atoms with Crippen molar-refractivity contribution in [1.29, 1.82) is 0 Å². The fourth-order valence-electron chi connectivity index (χ4n) is 0.840. The molecule has 0 saturated heterocycles. The predicted octanol–water partition coefficient (Wildman–Crippen LogP) is 3.86. The zero-order valence-corrected chi connectivity index (χ0v) is 8.70. The van der Waals surface area contributed by atoms with Crippen LogP contribution in [0.1, 0.15) is 5.56 Å². The van der Waals surface area contributed by atoms with Crippen LogP contribution in [-0.4, -0.2) is 6.29 Å². The van der Waals surface area contributed by atoms with E-state index in [-0.39, 0.29) is 0 Å². The molecule has 0 bridgehead atoms. The van der Waals surface area contributed by atoms with E-state index < -0.39 is 0 Å². The summed E-state index contributed by atoms with van der Waals surface area (Å²) < 4.78 is 0. The minimum atomic E-state index is 0.375. The van der Waals surface area contributed by atoms with E-state index in [1.165, 1.54) is 6.08 Å². The third-order valence-electron chi connectivity index (χ3n) is 1.38. The van der Waals surface area contributed by atoms with E-state index in [4.69, 9.17) is 34.8 Å². The van der Waals surface area contributed by atoms with Gasteiger partial charge in [-0.3, -0.25) is 4.79 Å². The molecule has 1 nitrogen and oxygen atoms in total. The molecule has 68 valence electrons. The third kappa shape index (κ3) is 2.73. The van der Waals surface area contributed by atoms with Gasteiger partial charge < -0.3 is 0 Å². The highest BCUT2D eigenvalue weighted by Crippen LogP contribution is 2.30. The normalized spacial score (nSPS) is 10.7. The Morgan fingerprint density at radius 2 is 1.85 bits per heavy atom. The standard InChI is InChI=1S/C9H5Cl3O/c10-7-4-6(2-1-3-13)9(12)8(11)5-7/h1-5H. The Kier molecular flexibility index (Phi) is 3.79. The van der Waals surface area contributed by atoms with Crippen LogP contribution in [0.15, 0.2) is 18.2 Å². The summed E-state index contributed by atoms with van der Waals surface area (Å²) in [5.74, 6) is 0. The molecule has 0 saturated carbocycles. The summed E-state index contributed by atoms with van der Waals surface area (Å²) in [5, 5.41) is 1.25. The second-order valence-electron chi connectivity index (χ2n) is 2.29. The average Bonchev–Trinajstić information content (AvgIpc) is 2.09. The molecule has 0 radical (unpaired) electrons. The van der Waals surface area contributed by atoms with Crippen LogP contribution >= 0.6 is 34.8 Å². The van der Waals surface area contributed by atoms with Gasteiger partial charge in [-0.1, -0.05) is 40.9 Å². The van der Waals surface area contributed by atoms with Crippen molar-refractivity contribution in [3.63, 3.8) is 0 Å². The maximum Gasteiger partial charge on any atom is 0.142 e. The van der Waals surface area contributed by atoms with Gasteiger partial charge in [0.1, 0.15) is 6.29 Å². The van der Waals surface area contributed by atoms with Crippen molar-refractivity contribution < 1.29 is 4.79 Å². The number of rotatable bonds is 2. The topological polar surface area (TPSA) is 17.1 Å². The first-order chi connectivity index (χ1) is 6.15. The Balaban J connectivity index is 3.19. The van der Waals surface area contributed by atoms with Crippen molar-refractivity contribution in [1.82, 2.24) is 0 Å². The molecule has 0 aliphatic heterocycles. The highest BCUT2D eigenvalue weighted by atomic mass is 35.5. The van der Waals surface area contributed by atoms with Gasteiger partial charge in [-0.25, -0.2) is 0 Å². The summed E-state index contributed by atoms with van der Waals surface area (Å²) in [6.07, 6.45) is 3.53. The SMILES string of the molecule is O=CC=Cc1cc(Cl)cc(Cl)c1Cl. The number of aldehydes is 1. The molecule has 0 aliphatic rings. The van der Waals surface area contributed by atoms with Crippen LogP contribution in [0.3, 0.4) is 0 Å². The van der Waals surface area contributed by atoms with E-state index in [2.05, 4.69) is 0 Å². The van der Waals surface area contributed by atoms with Gasteiger partial charge in [-0.15, -0.1) is 0 Å². The van der Waals surface area contributed by atoms with Crippen LogP contribution in [0.25, 0.3) is 6.08 Å². The number of hydrogen-bond acceptors (Lipinski definition) is 1. The fourth-order valence-corrected chi connectivity index (χ4v) is 1.52. The maximum atomic E-state index is 10.1. The van der Waals surface area contributed by atoms with Gasteiger partial charge in [0, 0.05) is 5.02 Å². The number of carbonyl (C=O) groups excluding carboxylic acids is 1. The molecule has 0 atom stereocenters. The second kappa shape index (κ2) is 4.66. The molecule has 0 aromatic heterocycles. The maximum absolute atomic E-state index is 10.1. The van der Waals surface area contributed by atoms with Crippen LogP contribution in [0.4, 0.5) is 0 Å². The Morgan fingerprint density at radius 1 is 1.15 bits per heavy atom. The highest BCUT2D eigenvalue weighted by Gasteiger charge is 2.03. The number of halogens is 3. The molecule has 4 heteroatoms. The first kappa shape index (κ1) is 10.6. The molecular formula is C9H5Cl3O. The number of allylic oxidation sites excluding steroid dienone is 1. The molecule has 0 N–H and O–H groups in total. The van der Waals surface area contributed by atoms with Crippen LogP contribution < -0.4 is 0 Å². The van der Waals surface area contributed by atoms with Gasteiger partial charge in [-0.2, -0.15) is 0 Å². The van der Waals surface area contributed by atoms with E-state index in [1.807, 2.05) is 0 Å². The van der Waals surface area contributed by atoms with Crippen LogP contribution in [-0.2, 0) is 4.79 Å². The largest absolute Gasteiger partial charge is 0.299 e. The molecule has 1 aromatic carbocycles. The van der Waals surface area contributed by atoms with E-state index in [0.29, 0.717) is 26.9 Å². The first-order valence-corrected chi connectivity index (χ1v) is 4.55.